The van der Waals surface area contributed by atoms with Gasteiger partial charge in [-0.1, -0.05) is 44.2 Å². The first kappa shape index (κ1) is 20.2. The van der Waals surface area contributed by atoms with Crippen LogP contribution in [0, 0.1) is 5.92 Å². The van der Waals surface area contributed by atoms with Gasteiger partial charge in [-0.25, -0.2) is 14.6 Å². The lowest BCUT2D eigenvalue weighted by atomic mass is 9.99. The van der Waals surface area contributed by atoms with Crippen LogP contribution in [-0.4, -0.2) is 53.2 Å². The quantitative estimate of drug-likeness (QED) is 0.681. The largest absolute Gasteiger partial charge is 0.483 e. The van der Waals surface area contributed by atoms with E-state index in [0.717, 1.165) is 11.4 Å². The number of aryl methyl sites for hydroxylation is 1. The van der Waals surface area contributed by atoms with E-state index in [4.69, 9.17) is 14.9 Å². The Morgan fingerprint density at radius 1 is 1.24 bits per heavy atom. The maximum atomic E-state index is 13.1. The van der Waals surface area contributed by atoms with Crippen LogP contribution in [0.2, 0.25) is 0 Å². The second kappa shape index (κ2) is 8.68. The molecule has 0 unspecified atom stereocenters. The third kappa shape index (κ3) is 4.03. The highest BCUT2D eigenvalue weighted by molar-refractivity contribution is 5.92. The molecule has 0 bridgehead atoms. The Balaban J connectivity index is 0.000000755. The van der Waals surface area contributed by atoms with Gasteiger partial charge in [-0.2, -0.15) is 5.10 Å². The number of hydrogen-bond acceptors (Lipinski definition) is 5. The average Bonchev–Trinajstić information content (AvgIpc) is 3.33. The van der Waals surface area contributed by atoms with Gasteiger partial charge in [-0.15, -0.1) is 0 Å². The van der Waals surface area contributed by atoms with Crippen LogP contribution in [-0.2, 0) is 18.4 Å². The predicted molar refractivity (Wildman–Crippen MR) is 106 cm³/mol. The molecular weight excluding hydrogens is 372 g/mol. The minimum absolute atomic E-state index is 0.0146. The summed E-state index contributed by atoms with van der Waals surface area (Å²) in [5, 5.41) is 11.6. The van der Waals surface area contributed by atoms with Crippen molar-refractivity contribution in [3.63, 3.8) is 0 Å². The highest BCUT2D eigenvalue weighted by Crippen LogP contribution is 2.33. The molecule has 0 aliphatic carbocycles. The Labute approximate surface area is 168 Å². The number of aromatic nitrogens is 5. The van der Waals surface area contributed by atoms with E-state index in [1.165, 1.54) is 0 Å². The first-order valence-electron chi connectivity index (χ1n) is 9.33. The minimum Gasteiger partial charge on any atom is -0.483 e. The molecule has 9 nitrogen and oxygen atoms in total. The third-order valence-corrected chi connectivity index (χ3v) is 4.81. The van der Waals surface area contributed by atoms with E-state index in [1.807, 2.05) is 47.0 Å². The maximum absolute atomic E-state index is 13.1. The zero-order chi connectivity index (χ0) is 21.0. The van der Waals surface area contributed by atoms with Crippen molar-refractivity contribution >= 4 is 12.4 Å². The maximum Gasteiger partial charge on any atom is 0.290 e. The molecule has 0 saturated carbocycles. The number of carbonyl (C=O) groups excluding carboxylic acids is 1. The van der Waals surface area contributed by atoms with Gasteiger partial charge in [0.25, 0.3) is 12.4 Å². The molecule has 9 heteroatoms. The van der Waals surface area contributed by atoms with Gasteiger partial charge < -0.3 is 14.6 Å². The molecule has 3 aromatic rings. The van der Waals surface area contributed by atoms with Gasteiger partial charge in [0, 0.05) is 19.2 Å². The summed E-state index contributed by atoms with van der Waals surface area (Å²) in [6.07, 6.45) is 3.27. The van der Waals surface area contributed by atoms with Crippen LogP contribution in [0.25, 0.3) is 11.4 Å². The van der Waals surface area contributed by atoms with Gasteiger partial charge in [0.1, 0.15) is 5.69 Å². The van der Waals surface area contributed by atoms with Gasteiger partial charge in [-0.05, 0) is 5.92 Å². The molecule has 29 heavy (non-hydrogen) atoms. The predicted octanol–water partition coefficient (Wildman–Crippen LogP) is 2.23. The number of fused-ring (bicyclic) bond motifs is 1. The number of imidazole rings is 1. The van der Waals surface area contributed by atoms with Crippen LogP contribution in [0.1, 0.15) is 36.2 Å². The molecule has 0 fully saturated rings. The second-order valence-corrected chi connectivity index (χ2v) is 7.07. The molecule has 0 saturated heterocycles. The monoisotopic (exact) mass is 396 g/mol. The van der Waals surface area contributed by atoms with Gasteiger partial charge in [0.05, 0.1) is 25.1 Å². The molecule has 0 spiro atoms. The number of benzene rings is 1. The van der Waals surface area contributed by atoms with Crippen molar-refractivity contribution in [2.75, 3.05) is 6.54 Å². The summed E-state index contributed by atoms with van der Waals surface area (Å²) in [4.78, 5) is 32.2. The number of nitrogens with zero attached hydrogens (tertiary/aromatic N) is 6. The second-order valence-electron chi connectivity index (χ2n) is 7.07. The molecule has 0 radical (unpaired) electrons. The Bertz CT molecular complexity index is 979. The number of carbonyl (C=O) groups is 2. The summed E-state index contributed by atoms with van der Waals surface area (Å²) in [5.41, 5.74) is 1.58. The molecule has 1 aromatic carbocycles. The topological polar surface area (TPSA) is 106 Å². The van der Waals surface area contributed by atoms with E-state index in [9.17, 15) is 4.79 Å². The summed E-state index contributed by atoms with van der Waals surface area (Å²) in [7, 11) is 1.84. The zero-order valence-electron chi connectivity index (χ0n) is 16.6. The number of carboxylic acid groups (broad SMARTS) is 1. The van der Waals surface area contributed by atoms with E-state index in [1.54, 1.807) is 17.1 Å². The lowest BCUT2D eigenvalue weighted by Crippen LogP contribution is -2.45. The molecule has 3 heterocycles. The smallest absolute Gasteiger partial charge is 0.290 e. The van der Waals surface area contributed by atoms with Crippen molar-refractivity contribution in [2.45, 2.75) is 26.4 Å². The lowest BCUT2D eigenvalue weighted by Gasteiger charge is -2.37. The fraction of sp³-hybridized carbons (Fsp3) is 0.350. The van der Waals surface area contributed by atoms with Crippen LogP contribution >= 0.6 is 0 Å². The summed E-state index contributed by atoms with van der Waals surface area (Å²) in [6.45, 7) is 5.22. The summed E-state index contributed by atoms with van der Waals surface area (Å²) >= 11 is 0. The van der Waals surface area contributed by atoms with Crippen molar-refractivity contribution in [3.8, 4) is 11.4 Å². The molecule has 1 aliphatic heterocycles. The average molecular weight is 396 g/mol. The summed E-state index contributed by atoms with van der Waals surface area (Å²) in [6, 6.07) is 9.83. The first-order valence-corrected chi connectivity index (χ1v) is 9.33. The number of rotatable bonds is 3. The Morgan fingerprint density at radius 2 is 1.93 bits per heavy atom. The van der Waals surface area contributed by atoms with Gasteiger partial charge in [-0.3, -0.25) is 9.59 Å². The van der Waals surface area contributed by atoms with Crippen molar-refractivity contribution in [1.82, 2.24) is 29.2 Å². The molecule has 2 aromatic heterocycles. The summed E-state index contributed by atoms with van der Waals surface area (Å²) < 4.78 is 3.70. The third-order valence-electron chi connectivity index (χ3n) is 4.81. The summed E-state index contributed by atoms with van der Waals surface area (Å²) in [5.74, 6) is 1.76. The van der Waals surface area contributed by atoms with Crippen LogP contribution < -0.4 is 0 Å². The normalized spacial score (nSPS) is 15.4. The van der Waals surface area contributed by atoms with Gasteiger partial charge in [0.15, 0.2) is 11.6 Å². The van der Waals surface area contributed by atoms with Crippen molar-refractivity contribution in [1.29, 1.82) is 0 Å². The molecule has 4 rings (SSSR count). The van der Waals surface area contributed by atoms with Crippen LogP contribution in [0.3, 0.4) is 0 Å². The highest BCUT2D eigenvalue weighted by atomic mass is 16.3. The minimum atomic E-state index is -0.250. The molecule has 152 valence electrons. The SMILES string of the molecule is CC(C)[C@H]1c2nc(-c3ccccc3)nn2CCN1C(=O)c1cncn1C.O=CO. The number of amides is 1. The molecule has 1 amide bonds. The van der Waals surface area contributed by atoms with Crippen LogP contribution in [0.4, 0.5) is 0 Å². The number of hydrogen-bond donors (Lipinski definition) is 1. The molecular formula is C20H24N6O3. The molecule has 1 N–H and O–H groups in total. The van der Waals surface area contributed by atoms with E-state index in [0.29, 0.717) is 24.6 Å². The lowest BCUT2D eigenvalue weighted by molar-refractivity contribution is -0.122. The van der Waals surface area contributed by atoms with Crippen molar-refractivity contribution in [3.05, 3.63) is 54.4 Å². The van der Waals surface area contributed by atoms with Gasteiger partial charge in [0.2, 0.25) is 0 Å². The van der Waals surface area contributed by atoms with E-state index in [-0.39, 0.29) is 24.3 Å². The zero-order valence-corrected chi connectivity index (χ0v) is 16.6. The molecule has 1 aliphatic rings. The first-order chi connectivity index (χ1) is 14.0. The van der Waals surface area contributed by atoms with Crippen molar-refractivity contribution < 1.29 is 14.7 Å². The highest BCUT2D eigenvalue weighted by Gasteiger charge is 2.37. The van der Waals surface area contributed by atoms with Crippen LogP contribution in [0.15, 0.2) is 42.9 Å². The van der Waals surface area contributed by atoms with Crippen molar-refractivity contribution in [2.24, 2.45) is 13.0 Å². The van der Waals surface area contributed by atoms with E-state index in [2.05, 4.69) is 23.9 Å². The van der Waals surface area contributed by atoms with Gasteiger partial charge >= 0.3 is 0 Å². The van der Waals surface area contributed by atoms with E-state index < -0.39 is 0 Å². The van der Waals surface area contributed by atoms with Crippen LogP contribution in [0.5, 0.6) is 0 Å². The Kier molecular flexibility index (Phi) is 6.06. The standard InChI is InChI=1S/C19H22N6O.CH2O2/c1-13(2)16-18-21-17(14-7-5-4-6-8-14)22-25(18)10-9-24(16)19(26)15-11-20-12-23(15)3;2-1-3/h4-8,11-13,16H,9-10H2,1-3H3;1H,(H,2,3)/t16-;/m0./s1. The fourth-order valence-electron chi connectivity index (χ4n) is 3.52. The van der Waals surface area contributed by atoms with E-state index >= 15 is 0 Å². The molecule has 1 atom stereocenters. The Morgan fingerprint density at radius 3 is 2.52 bits per heavy atom. The fourth-order valence-corrected chi connectivity index (χ4v) is 3.52. The Hall–Kier alpha value is -3.49.